The number of nitrogens with zero attached hydrogens (tertiary/aromatic N) is 1. The van der Waals surface area contributed by atoms with E-state index in [1.165, 1.54) is 12.5 Å². The Kier molecular flexibility index (Phi) is 22.3. The van der Waals surface area contributed by atoms with Gasteiger partial charge in [0.1, 0.15) is 52.2 Å². The van der Waals surface area contributed by atoms with Crippen molar-refractivity contribution in [3.63, 3.8) is 0 Å². The Bertz CT molecular complexity index is 4080. The van der Waals surface area contributed by atoms with Gasteiger partial charge in [-0.1, -0.05) is 0 Å². The number of carboxylic acids is 1. The lowest BCUT2D eigenvalue weighted by Gasteiger charge is -2.25. The molecule has 4 aromatic rings. The Morgan fingerprint density at radius 1 is 0.516 bits per heavy atom. The second-order valence-corrected chi connectivity index (χ2v) is 31.6. The Balaban J connectivity index is 1.04. The second kappa shape index (κ2) is 28.6. The van der Waals surface area contributed by atoms with Gasteiger partial charge in [0.2, 0.25) is 35.6 Å². The number of carbonyl (C=O) groups is 4. The van der Waals surface area contributed by atoms with E-state index in [-0.39, 0.29) is 79.3 Å². The minimum absolute atomic E-state index is 0.000444. The number of hydrogen-bond donors (Lipinski definition) is 15. The van der Waals surface area contributed by atoms with E-state index < -0.39 is 113 Å². The SMILES string of the molecule is Cc1c(C)c(S(=O)(=O)NC(=N)NCCC[C@H](NC(=O)[C@H](CCCNC(=N)NS(=O)(=O)c2c(C)c(C)c3c(c2C)CC(C)(C)O3)NC(=O)[C@@H](N)CCCNC(=N)NS(=O)(=O)c2c(C)c(C)c3c(c2C)CC(C)(C)O3)C(=O)N[C@@H](Cc2c[nH]cn2)C(=O)O)c(C)c2c1OC(C)(C)C2. The summed E-state index contributed by atoms with van der Waals surface area (Å²) >= 11 is 0. The van der Waals surface area contributed by atoms with Crippen LogP contribution < -0.4 is 66.0 Å². The standard InChI is InChI=1S/C63H93N15O14S3/c1-31-34(4)51(37(7)41-26-61(10,11)90-48(31)41)93(84,85)76-58(65)69-22-16-19-44(64)54(79)73-45(20-17-23-70-59(66)77-94(86,87)52-35(5)32(2)49-42(38(52)8)27-62(12,13)91-49)55(80)74-46(56(81)75-47(57(82)83)25-40-29-68-30-72-40)21-18-24-71-60(67)78-95(88,89)53-36(6)33(3)50-43(39(53)9)28-63(14,15)92-50/h29-30,44-47H,16-28,64H2,1-15H3,(H,68,72)(H,73,79)(H,74,80)(H,75,81)(H,82,83)(H3,65,69,76)(H3,66,70,77)(H3,67,71,78)/t44-,45-,46-,47-/m0/s1. The Morgan fingerprint density at radius 3 is 1.15 bits per heavy atom. The van der Waals surface area contributed by atoms with Crippen molar-refractivity contribution < 1.29 is 63.7 Å². The van der Waals surface area contributed by atoms with E-state index in [2.05, 4.69) is 56.0 Å². The van der Waals surface area contributed by atoms with Crippen LogP contribution in [0, 0.1) is 78.5 Å². The minimum atomic E-state index is -4.34. The Morgan fingerprint density at radius 2 is 0.832 bits per heavy atom. The first-order valence-electron chi connectivity index (χ1n) is 31.4. The lowest BCUT2D eigenvalue weighted by atomic mass is 9.94. The van der Waals surface area contributed by atoms with Gasteiger partial charge < -0.3 is 61.9 Å². The van der Waals surface area contributed by atoms with Crippen LogP contribution in [0.4, 0.5) is 0 Å². The number of imidazole rings is 1. The predicted octanol–water partition coefficient (Wildman–Crippen LogP) is 3.58. The molecule has 3 aromatic carbocycles. The topological polar surface area (TPSA) is 453 Å². The summed E-state index contributed by atoms with van der Waals surface area (Å²) in [5.74, 6) is -4.01. The van der Waals surface area contributed by atoms with Crippen molar-refractivity contribution in [3.05, 3.63) is 85.0 Å². The van der Waals surface area contributed by atoms with Crippen molar-refractivity contribution in [2.24, 2.45) is 5.73 Å². The number of hydrogen-bond acceptors (Lipinski definition) is 18. The minimum Gasteiger partial charge on any atom is -0.487 e. The molecule has 7 rings (SSSR count). The molecule has 29 nitrogen and oxygen atoms in total. The molecule has 0 saturated carbocycles. The average Bonchev–Trinajstić information content (AvgIpc) is 1.68. The number of sulfonamides is 3. The van der Waals surface area contributed by atoms with Crippen LogP contribution in [-0.2, 0) is 74.9 Å². The van der Waals surface area contributed by atoms with Gasteiger partial charge in [0.05, 0.1) is 32.7 Å². The number of guanidine groups is 3. The van der Waals surface area contributed by atoms with E-state index in [4.69, 9.17) is 36.2 Å². The van der Waals surface area contributed by atoms with Crippen molar-refractivity contribution in [2.45, 2.75) is 224 Å². The molecule has 3 aliphatic rings. The van der Waals surface area contributed by atoms with Gasteiger partial charge in [-0.25, -0.2) is 49.2 Å². The lowest BCUT2D eigenvalue weighted by Crippen LogP contribution is -2.57. The smallest absolute Gasteiger partial charge is 0.326 e. The summed E-state index contributed by atoms with van der Waals surface area (Å²) < 4.78 is 109. The molecule has 0 bridgehead atoms. The summed E-state index contributed by atoms with van der Waals surface area (Å²) in [5, 5.41) is 51.8. The fourth-order valence-corrected chi connectivity index (χ4v) is 17.1. The van der Waals surface area contributed by atoms with Crippen molar-refractivity contribution >= 4 is 71.6 Å². The summed E-state index contributed by atoms with van der Waals surface area (Å²) in [6.45, 7) is 26.5. The molecule has 3 aliphatic heterocycles. The molecule has 16 N–H and O–H groups in total. The van der Waals surface area contributed by atoms with Gasteiger partial charge in [0, 0.05) is 68.2 Å². The molecule has 522 valence electrons. The number of amides is 3. The third kappa shape index (κ3) is 17.3. The van der Waals surface area contributed by atoms with Gasteiger partial charge in [-0.3, -0.25) is 30.6 Å². The number of aliphatic carboxylic acids is 1. The van der Waals surface area contributed by atoms with Crippen LogP contribution in [0.3, 0.4) is 0 Å². The summed E-state index contributed by atoms with van der Waals surface area (Å²) in [4.78, 5) is 62.3. The summed E-state index contributed by atoms with van der Waals surface area (Å²) in [6.07, 6.45) is 3.50. The third-order valence-electron chi connectivity index (χ3n) is 17.5. The summed E-state index contributed by atoms with van der Waals surface area (Å²) in [6, 6.07) is -5.85. The first-order chi connectivity index (χ1) is 44.0. The van der Waals surface area contributed by atoms with Crippen LogP contribution in [0.1, 0.15) is 153 Å². The maximum atomic E-state index is 14.6. The molecule has 4 heterocycles. The zero-order valence-electron chi connectivity index (χ0n) is 56.7. The van der Waals surface area contributed by atoms with Gasteiger partial charge >= 0.3 is 5.97 Å². The van der Waals surface area contributed by atoms with Crippen LogP contribution in [0.2, 0.25) is 0 Å². The van der Waals surface area contributed by atoms with Crippen LogP contribution in [0.5, 0.6) is 17.2 Å². The molecule has 0 fully saturated rings. The third-order valence-corrected chi connectivity index (χ3v) is 22.4. The highest BCUT2D eigenvalue weighted by Crippen LogP contribution is 2.46. The Hall–Kier alpha value is -8.23. The first-order valence-corrected chi connectivity index (χ1v) is 35.8. The fourth-order valence-electron chi connectivity index (χ4n) is 12.5. The van der Waals surface area contributed by atoms with Crippen molar-refractivity contribution in [3.8, 4) is 17.2 Å². The van der Waals surface area contributed by atoms with E-state index in [1.807, 2.05) is 41.5 Å². The molecule has 95 heavy (non-hydrogen) atoms. The number of ether oxygens (including phenoxy) is 3. The van der Waals surface area contributed by atoms with Gasteiger partial charge in [0.25, 0.3) is 30.1 Å². The number of benzene rings is 3. The highest BCUT2D eigenvalue weighted by Gasteiger charge is 2.41. The predicted molar refractivity (Wildman–Crippen MR) is 357 cm³/mol. The van der Waals surface area contributed by atoms with E-state index in [0.29, 0.717) is 92.3 Å². The zero-order valence-corrected chi connectivity index (χ0v) is 59.1. The normalized spacial score (nSPS) is 16.2. The van der Waals surface area contributed by atoms with Crippen molar-refractivity contribution in [1.29, 1.82) is 16.2 Å². The summed E-state index contributed by atoms with van der Waals surface area (Å²) in [7, 11) is -12.9. The van der Waals surface area contributed by atoms with Gasteiger partial charge in [-0.15, -0.1) is 0 Å². The van der Waals surface area contributed by atoms with E-state index in [1.54, 1.807) is 62.3 Å². The van der Waals surface area contributed by atoms with Crippen LogP contribution in [0.25, 0.3) is 0 Å². The van der Waals surface area contributed by atoms with Gasteiger partial charge in [-0.2, -0.15) is 0 Å². The van der Waals surface area contributed by atoms with Crippen molar-refractivity contribution in [1.82, 2.24) is 56.0 Å². The lowest BCUT2D eigenvalue weighted by molar-refractivity contribution is -0.142. The molecule has 0 radical (unpaired) electrons. The molecule has 0 aliphatic carbocycles. The largest absolute Gasteiger partial charge is 0.487 e. The van der Waals surface area contributed by atoms with Gasteiger partial charge in [0.15, 0.2) is 0 Å². The highest BCUT2D eigenvalue weighted by atomic mass is 32.2. The fraction of sp³-hybridized carbons (Fsp3) is 0.556. The number of aromatic amines is 1. The second-order valence-electron chi connectivity index (χ2n) is 26.7. The van der Waals surface area contributed by atoms with Crippen LogP contribution >= 0.6 is 0 Å². The maximum absolute atomic E-state index is 14.6. The number of rotatable bonds is 27. The van der Waals surface area contributed by atoms with Crippen molar-refractivity contribution in [2.75, 3.05) is 19.6 Å². The first kappa shape index (κ1) is 74.2. The molecule has 0 unspecified atom stereocenters. The number of nitrogens with two attached hydrogens (primary N) is 1. The number of nitrogens with one attached hydrogen (secondary N) is 13. The molecule has 3 amide bonds. The van der Waals surface area contributed by atoms with E-state index >= 15 is 0 Å². The highest BCUT2D eigenvalue weighted by molar-refractivity contribution is 7.90. The summed E-state index contributed by atoms with van der Waals surface area (Å²) in [5.41, 5.74) is 12.1. The molecular weight excluding hydrogens is 1290 g/mol. The van der Waals surface area contributed by atoms with E-state index in [9.17, 15) is 49.5 Å². The zero-order chi connectivity index (χ0) is 70.8. The monoisotopic (exact) mass is 1380 g/mol. The maximum Gasteiger partial charge on any atom is 0.326 e. The number of carbonyl (C=O) groups excluding carboxylic acids is 3. The van der Waals surface area contributed by atoms with Crippen LogP contribution in [-0.4, -0.2) is 143 Å². The van der Waals surface area contributed by atoms with Crippen LogP contribution in [0.15, 0.2) is 27.2 Å². The molecule has 0 saturated heterocycles. The quantitative estimate of drug-likeness (QED) is 0.0230. The Labute approximate surface area is 556 Å². The number of fused-ring (bicyclic) bond motifs is 3. The molecule has 32 heteroatoms. The molecule has 0 spiro atoms. The number of aromatic nitrogens is 2. The number of carboxylic acid groups (broad SMARTS) is 1. The number of H-pyrrole nitrogens is 1. The molecule has 4 atom stereocenters. The van der Waals surface area contributed by atoms with Gasteiger partial charge in [-0.05, 0) is 192 Å². The van der Waals surface area contributed by atoms with E-state index in [0.717, 1.165) is 16.7 Å². The molecule has 1 aromatic heterocycles. The molecular formula is C63H93N15O14S3. The average molecular weight is 1380 g/mol.